The Bertz CT molecular complexity index is 737. The van der Waals surface area contributed by atoms with Crippen LogP contribution in [0.3, 0.4) is 0 Å². The van der Waals surface area contributed by atoms with Crippen LogP contribution in [-0.4, -0.2) is 33.7 Å². The van der Waals surface area contributed by atoms with Gasteiger partial charge >= 0.3 is 0 Å². The maximum absolute atomic E-state index is 5.14. The summed E-state index contributed by atoms with van der Waals surface area (Å²) in [4.78, 5) is 4.32. The van der Waals surface area contributed by atoms with Crippen LogP contribution in [0.1, 0.15) is 5.56 Å². The van der Waals surface area contributed by atoms with Crippen LogP contribution < -0.4 is 15.4 Å². The quantitative estimate of drug-likeness (QED) is 0.744. The number of benzene rings is 1. The van der Waals surface area contributed by atoms with Gasteiger partial charge in [-0.3, -0.25) is 4.40 Å². The first-order valence-corrected chi connectivity index (χ1v) is 6.56. The van der Waals surface area contributed by atoms with Gasteiger partial charge in [0.1, 0.15) is 5.75 Å². The highest BCUT2D eigenvalue weighted by molar-refractivity contribution is 5.64. The maximum Gasteiger partial charge on any atom is 0.228 e. The topological polar surface area (TPSA) is 76.4 Å². The lowest BCUT2D eigenvalue weighted by Gasteiger charge is -2.07. The number of rotatable bonds is 5. The summed E-state index contributed by atoms with van der Waals surface area (Å²) < 4.78 is 6.99. The Balaban J connectivity index is 1.79. The van der Waals surface area contributed by atoms with Crippen LogP contribution in [0.4, 0.5) is 11.8 Å². The molecule has 3 aromatic rings. The van der Waals surface area contributed by atoms with Crippen molar-refractivity contribution in [2.24, 2.45) is 0 Å². The summed E-state index contributed by atoms with van der Waals surface area (Å²) >= 11 is 0. The first-order valence-electron chi connectivity index (χ1n) is 6.56. The molecule has 7 nitrogen and oxygen atoms in total. The Kier molecular flexibility index (Phi) is 3.55. The Morgan fingerprint density at radius 2 is 2.00 bits per heavy atom. The zero-order valence-corrected chi connectivity index (χ0v) is 11.9. The van der Waals surface area contributed by atoms with Crippen LogP contribution in [0, 0.1) is 0 Å². The molecular formula is C14H16N6O. The lowest BCUT2D eigenvalue weighted by atomic mass is 10.2. The summed E-state index contributed by atoms with van der Waals surface area (Å²) in [6.45, 7) is 0.651. The summed E-state index contributed by atoms with van der Waals surface area (Å²) in [7, 11) is 3.46. The van der Waals surface area contributed by atoms with Gasteiger partial charge in [0.2, 0.25) is 11.6 Å². The molecule has 2 N–H and O–H groups in total. The maximum atomic E-state index is 5.14. The molecule has 0 bridgehead atoms. The summed E-state index contributed by atoms with van der Waals surface area (Å²) in [6.07, 6.45) is 3.54. The lowest BCUT2D eigenvalue weighted by molar-refractivity contribution is 0.414. The minimum absolute atomic E-state index is 0.651. The SMILES string of the molecule is CNc1nnc2c(NCc3ccc(OC)cc3)nccn12. The summed E-state index contributed by atoms with van der Waals surface area (Å²) in [5.41, 5.74) is 1.82. The fourth-order valence-corrected chi connectivity index (χ4v) is 2.05. The monoisotopic (exact) mass is 284 g/mol. The third kappa shape index (κ3) is 2.58. The van der Waals surface area contributed by atoms with E-state index in [-0.39, 0.29) is 0 Å². The average molecular weight is 284 g/mol. The number of fused-ring (bicyclic) bond motifs is 1. The van der Waals surface area contributed by atoms with E-state index in [1.54, 1.807) is 20.4 Å². The van der Waals surface area contributed by atoms with Crippen LogP contribution in [0.25, 0.3) is 5.65 Å². The Morgan fingerprint density at radius 3 is 2.71 bits per heavy atom. The fourth-order valence-electron chi connectivity index (χ4n) is 2.05. The molecule has 108 valence electrons. The number of hydrogen-bond acceptors (Lipinski definition) is 6. The number of ether oxygens (including phenoxy) is 1. The van der Waals surface area contributed by atoms with Gasteiger partial charge in [-0.25, -0.2) is 4.98 Å². The highest BCUT2D eigenvalue weighted by Crippen LogP contribution is 2.16. The molecule has 1 aromatic carbocycles. The van der Waals surface area contributed by atoms with E-state index in [4.69, 9.17) is 4.74 Å². The van der Waals surface area contributed by atoms with E-state index in [1.165, 1.54) is 0 Å². The first-order chi connectivity index (χ1) is 10.3. The van der Waals surface area contributed by atoms with Gasteiger partial charge in [-0.2, -0.15) is 0 Å². The predicted molar refractivity (Wildman–Crippen MR) is 80.6 cm³/mol. The molecule has 0 spiro atoms. The zero-order valence-electron chi connectivity index (χ0n) is 11.9. The molecule has 7 heteroatoms. The van der Waals surface area contributed by atoms with Crippen molar-refractivity contribution in [3.05, 3.63) is 42.2 Å². The van der Waals surface area contributed by atoms with Crippen LogP contribution in [0.2, 0.25) is 0 Å². The van der Waals surface area contributed by atoms with Crippen molar-refractivity contribution in [3.8, 4) is 5.75 Å². The summed E-state index contributed by atoms with van der Waals surface area (Å²) in [5.74, 6) is 2.22. The van der Waals surface area contributed by atoms with Crippen molar-refractivity contribution >= 4 is 17.4 Å². The molecule has 0 aliphatic heterocycles. The third-order valence-electron chi connectivity index (χ3n) is 3.17. The molecule has 2 heterocycles. The Morgan fingerprint density at radius 1 is 1.19 bits per heavy atom. The van der Waals surface area contributed by atoms with Gasteiger partial charge in [-0.15, -0.1) is 10.2 Å². The van der Waals surface area contributed by atoms with Crippen molar-refractivity contribution in [2.45, 2.75) is 6.54 Å². The molecule has 0 aliphatic rings. The van der Waals surface area contributed by atoms with Crippen LogP contribution in [-0.2, 0) is 6.54 Å². The average Bonchev–Trinajstić information content (AvgIpc) is 2.97. The number of nitrogens with one attached hydrogen (secondary N) is 2. The molecule has 0 saturated carbocycles. The van der Waals surface area contributed by atoms with Crippen molar-refractivity contribution < 1.29 is 4.74 Å². The van der Waals surface area contributed by atoms with E-state index >= 15 is 0 Å². The second kappa shape index (κ2) is 5.66. The van der Waals surface area contributed by atoms with E-state index in [9.17, 15) is 0 Å². The number of nitrogens with zero attached hydrogens (tertiary/aromatic N) is 4. The first kappa shape index (κ1) is 13.2. The number of hydrogen-bond donors (Lipinski definition) is 2. The second-order valence-electron chi connectivity index (χ2n) is 4.44. The van der Waals surface area contributed by atoms with Gasteiger partial charge in [0, 0.05) is 26.0 Å². The van der Waals surface area contributed by atoms with Gasteiger partial charge in [-0.1, -0.05) is 12.1 Å². The highest BCUT2D eigenvalue weighted by atomic mass is 16.5. The van der Waals surface area contributed by atoms with Crippen LogP contribution in [0.15, 0.2) is 36.7 Å². The molecule has 0 atom stereocenters. The van der Waals surface area contributed by atoms with E-state index in [2.05, 4.69) is 25.8 Å². The highest BCUT2D eigenvalue weighted by Gasteiger charge is 2.08. The molecule has 0 fully saturated rings. The number of aromatic nitrogens is 4. The molecule has 0 unspecified atom stereocenters. The predicted octanol–water partition coefficient (Wildman–Crippen LogP) is 1.79. The summed E-state index contributed by atoms with van der Waals surface area (Å²) in [5, 5.41) is 14.5. The molecule has 2 aromatic heterocycles. The van der Waals surface area contributed by atoms with E-state index in [0.717, 1.165) is 11.3 Å². The van der Waals surface area contributed by atoms with Crippen LogP contribution in [0.5, 0.6) is 5.75 Å². The van der Waals surface area contributed by atoms with Gasteiger partial charge in [0.05, 0.1) is 7.11 Å². The van der Waals surface area contributed by atoms with Crippen molar-refractivity contribution in [3.63, 3.8) is 0 Å². The van der Waals surface area contributed by atoms with Gasteiger partial charge < -0.3 is 15.4 Å². The molecule has 0 amide bonds. The van der Waals surface area contributed by atoms with Crippen molar-refractivity contribution in [1.29, 1.82) is 0 Å². The zero-order chi connectivity index (χ0) is 14.7. The molecule has 0 radical (unpaired) electrons. The fraction of sp³-hybridized carbons (Fsp3) is 0.214. The van der Waals surface area contributed by atoms with Gasteiger partial charge in [0.25, 0.3) is 0 Å². The minimum atomic E-state index is 0.651. The molecule has 3 rings (SSSR count). The standard InChI is InChI=1S/C14H16N6O/c1-15-14-19-18-13-12(16-7-8-20(13)14)17-9-10-3-5-11(21-2)6-4-10/h3-8H,9H2,1-2H3,(H,15,19)(H,16,17). The van der Waals surface area contributed by atoms with Crippen molar-refractivity contribution in [1.82, 2.24) is 19.6 Å². The number of anilines is 2. The molecule has 0 saturated heterocycles. The van der Waals surface area contributed by atoms with E-state index in [1.807, 2.05) is 34.9 Å². The normalized spacial score (nSPS) is 10.6. The van der Waals surface area contributed by atoms with Crippen LogP contribution >= 0.6 is 0 Å². The molecule has 0 aliphatic carbocycles. The summed E-state index contributed by atoms with van der Waals surface area (Å²) in [6, 6.07) is 7.88. The van der Waals surface area contributed by atoms with Crippen molar-refractivity contribution in [2.75, 3.05) is 24.8 Å². The van der Waals surface area contributed by atoms with E-state index in [0.29, 0.717) is 24.0 Å². The van der Waals surface area contributed by atoms with Gasteiger partial charge in [-0.05, 0) is 17.7 Å². The van der Waals surface area contributed by atoms with Gasteiger partial charge in [0.15, 0.2) is 5.82 Å². The smallest absolute Gasteiger partial charge is 0.228 e. The number of methoxy groups -OCH3 is 1. The molecule has 21 heavy (non-hydrogen) atoms. The Labute approximate surface area is 122 Å². The minimum Gasteiger partial charge on any atom is -0.497 e. The van der Waals surface area contributed by atoms with E-state index < -0.39 is 0 Å². The lowest BCUT2D eigenvalue weighted by Crippen LogP contribution is -2.04. The largest absolute Gasteiger partial charge is 0.497 e. The third-order valence-corrected chi connectivity index (χ3v) is 3.17. The second-order valence-corrected chi connectivity index (χ2v) is 4.44. The Hall–Kier alpha value is -2.83. The molecular weight excluding hydrogens is 268 g/mol.